The normalized spacial score (nSPS) is 25.9. The van der Waals surface area contributed by atoms with Crippen molar-refractivity contribution < 1.29 is 14.6 Å². The minimum absolute atomic E-state index is 0.0713. The SMILES string of the molecule is CC(C)CCCOC1CNCC(C(=O)O)C1. The van der Waals surface area contributed by atoms with Crippen molar-refractivity contribution >= 4 is 5.97 Å². The van der Waals surface area contributed by atoms with Crippen molar-refractivity contribution in [1.82, 2.24) is 5.32 Å². The fraction of sp³-hybridized carbons (Fsp3) is 0.917. The van der Waals surface area contributed by atoms with Crippen molar-refractivity contribution in [3.8, 4) is 0 Å². The third kappa shape index (κ3) is 4.94. The molecule has 2 N–H and O–H groups in total. The lowest BCUT2D eigenvalue weighted by atomic mass is 9.98. The van der Waals surface area contributed by atoms with Crippen LogP contribution in [-0.4, -0.2) is 36.9 Å². The molecule has 2 unspecified atom stereocenters. The Hall–Kier alpha value is -0.610. The number of hydrogen-bond acceptors (Lipinski definition) is 3. The summed E-state index contributed by atoms with van der Waals surface area (Å²) in [5.41, 5.74) is 0. The van der Waals surface area contributed by atoms with E-state index in [4.69, 9.17) is 9.84 Å². The van der Waals surface area contributed by atoms with Gasteiger partial charge in [0, 0.05) is 19.7 Å². The maximum Gasteiger partial charge on any atom is 0.307 e. The fourth-order valence-electron chi connectivity index (χ4n) is 1.96. The number of carbonyl (C=O) groups is 1. The molecule has 0 aromatic rings. The van der Waals surface area contributed by atoms with Gasteiger partial charge in [-0.2, -0.15) is 0 Å². The molecule has 0 bridgehead atoms. The Morgan fingerprint density at radius 1 is 1.50 bits per heavy atom. The number of carboxylic acid groups (broad SMARTS) is 1. The van der Waals surface area contributed by atoms with Crippen LogP contribution in [0.1, 0.15) is 33.1 Å². The molecule has 0 aromatic heterocycles. The first-order valence-electron chi connectivity index (χ1n) is 6.14. The second-order valence-electron chi connectivity index (χ2n) is 4.96. The lowest BCUT2D eigenvalue weighted by molar-refractivity contribution is -0.144. The van der Waals surface area contributed by atoms with Gasteiger partial charge in [-0.3, -0.25) is 4.79 Å². The summed E-state index contributed by atoms with van der Waals surface area (Å²) in [5.74, 6) is -0.299. The first-order chi connectivity index (χ1) is 7.59. The van der Waals surface area contributed by atoms with Crippen LogP contribution in [0.5, 0.6) is 0 Å². The van der Waals surface area contributed by atoms with Gasteiger partial charge in [-0.25, -0.2) is 0 Å². The summed E-state index contributed by atoms with van der Waals surface area (Å²) in [5, 5.41) is 12.0. The van der Waals surface area contributed by atoms with E-state index in [1.807, 2.05) is 0 Å². The highest BCUT2D eigenvalue weighted by Gasteiger charge is 2.26. The van der Waals surface area contributed by atoms with E-state index >= 15 is 0 Å². The molecule has 1 saturated heterocycles. The molecule has 0 aliphatic carbocycles. The van der Waals surface area contributed by atoms with Crippen molar-refractivity contribution in [2.24, 2.45) is 11.8 Å². The van der Waals surface area contributed by atoms with Crippen LogP contribution in [0.4, 0.5) is 0 Å². The highest BCUT2D eigenvalue weighted by molar-refractivity contribution is 5.70. The van der Waals surface area contributed by atoms with Crippen LogP contribution in [-0.2, 0) is 9.53 Å². The molecule has 16 heavy (non-hydrogen) atoms. The second-order valence-corrected chi connectivity index (χ2v) is 4.96. The van der Waals surface area contributed by atoms with Crippen LogP contribution in [0.25, 0.3) is 0 Å². The highest BCUT2D eigenvalue weighted by atomic mass is 16.5. The Morgan fingerprint density at radius 3 is 2.88 bits per heavy atom. The maximum absolute atomic E-state index is 10.8. The molecule has 94 valence electrons. The van der Waals surface area contributed by atoms with Gasteiger partial charge >= 0.3 is 5.97 Å². The van der Waals surface area contributed by atoms with E-state index in [2.05, 4.69) is 19.2 Å². The number of nitrogens with one attached hydrogen (secondary N) is 1. The number of ether oxygens (including phenoxy) is 1. The second kappa shape index (κ2) is 6.86. The van der Waals surface area contributed by atoms with Crippen LogP contribution < -0.4 is 5.32 Å². The lowest BCUT2D eigenvalue weighted by Crippen LogP contribution is -2.43. The summed E-state index contributed by atoms with van der Waals surface area (Å²) < 4.78 is 5.69. The Balaban J connectivity index is 2.14. The van der Waals surface area contributed by atoms with Gasteiger partial charge in [0.15, 0.2) is 0 Å². The minimum Gasteiger partial charge on any atom is -0.481 e. The average Bonchev–Trinajstić information content (AvgIpc) is 2.24. The zero-order valence-electron chi connectivity index (χ0n) is 10.2. The van der Waals surface area contributed by atoms with E-state index < -0.39 is 5.97 Å². The molecule has 0 radical (unpaired) electrons. The number of aliphatic carboxylic acids is 1. The molecule has 0 amide bonds. The van der Waals surface area contributed by atoms with Gasteiger partial charge in [-0.15, -0.1) is 0 Å². The molecule has 0 spiro atoms. The van der Waals surface area contributed by atoms with Gasteiger partial charge in [0.2, 0.25) is 0 Å². The van der Waals surface area contributed by atoms with Crippen molar-refractivity contribution in [1.29, 1.82) is 0 Å². The molecular weight excluding hydrogens is 206 g/mol. The third-order valence-corrected chi connectivity index (χ3v) is 2.94. The molecule has 4 nitrogen and oxygen atoms in total. The van der Waals surface area contributed by atoms with Gasteiger partial charge in [0.25, 0.3) is 0 Å². The van der Waals surface area contributed by atoms with E-state index in [1.165, 1.54) is 6.42 Å². The maximum atomic E-state index is 10.8. The monoisotopic (exact) mass is 229 g/mol. The largest absolute Gasteiger partial charge is 0.481 e. The Morgan fingerprint density at radius 2 is 2.25 bits per heavy atom. The van der Waals surface area contributed by atoms with Gasteiger partial charge in [-0.1, -0.05) is 13.8 Å². The van der Waals surface area contributed by atoms with Crippen molar-refractivity contribution in [3.05, 3.63) is 0 Å². The molecule has 2 atom stereocenters. The first kappa shape index (κ1) is 13.5. The molecule has 4 heteroatoms. The van der Waals surface area contributed by atoms with Crippen molar-refractivity contribution in [2.45, 2.75) is 39.2 Å². The van der Waals surface area contributed by atoms with E-state index in [1.54, 1.807) is 0 Å². The summed E-state index contributed by atoms with van der Waals surface area (Å²) >= 11 is 0. The van der Waals surface area contributed by atoms with Crippen LogP contribution in [0.3, 0.4) is 0 Å². The van der Waals surface area contributed by atoms with Crippen LogP contribution in [0.15, 0.2) is 0 Å². The number of piperidine rings is 1. The first-order valence-corrected chi connectivity index (χ1v) is 6.14. The van der Waals surface area contributed by atoms with Crippen molar-refractivity contribution in [2.75, 3.05) is 19.7 Å². The lowest BCUT2D eigenvalue weighted by Gasteiger charge is -2.27. The zero-order valence-corrected chi connectivity index (χ0v) is 10.2. The summed E-state index contributed by atoms with van der Waals surface area (Å²) in [6.45, 7) is 6.49. The van der Waals surface area contributed by atoms with Crippen LogP contribution in [0, 0.1) is 11.8 Å². The van der Waals surface area contributed by atoms with E-state index in [-0.39, 0.29) is 12.0 Å². The fourth-order valence-corrected chi connectivity index (χ4v) is 1.96. The molecule has 1 aliphatic heterocycles. The number of hydrogen-bond donors (Lipinski definition) is 2. The Labute approximate surface area is 97.4 Å². The molecule has 0 saturated carbocycles. The topological polar surface area (TPSA) is 58.6 Å². The molecule has 0 aromatic carbocycles. The smallest absolute Gasteiger partial charge is 0.307 e. The van der Waals surface area contributed by atoms with E-state index in [0.29, 0.717) is 18.9 Å². The average molecular weight is 229 g/mol. The molecule has 1 aliphatic rings. The molecule has 1 heterocycles. The van der Waals surface area contributed by atoms with Crippen molar-refractivity contribution in [3.63, 3.8) is 0 Å². The van der Waals surface area contributed by atoms with E-state index in [9.17, 15) is 4.79 Å². The Kier molecular flexibility index (Phi) is 5.77. The standard InChI is InChI=1S/C12H23NO3/c1-9(2)4-3-5-16-11-6-10(12(14)15)7-13-8-11/h9-11,13H,3-8H2,1-2H3,(H,14,15). The summed E-state index contributed by atoms with van der Waals surface area (Å²) in [7, 11) is 0. The molecule has 1 fully saturated rings. The van der Waals surface area contributed by atoms with Gasteiger partial charge in [0.1, 0.15) is 0 Å². The summed E-state index contributed by atoms with van der Waals surface area (Å²) in [6.07, 6.45) is 2.94. The van der Waals surface area contributed by atoms with Gasteiger partial charge in [0.05, 0.1) is 12.0 Å². The molecule has 1 rings (SSSR count). The quantitative estimate of drug-likeness (QED) is 0.678. The third-order valence-electron chi connectivity index (χ3n) is 2.94. The number of rotatable bonds is 6. The van der Waals surface area contributed by atoms with Gasteiger partial charge in [-0.05, 0) is 25.2 Å². The van der Waals surface area contributed by atoms with E-state index in [0.717, 1.165) is 19.6 Å². The highest BCUT2D eigenvalue weighted by Crippen LogP contribution is 2.14. The van der Waals surface area contributed by atoms with Crippen LogP contribution >= 0.6 is 0 Å². The summed E-state index contributed by atoms with van der Waals surface area (Å²) in [4.78, 5) is 10.8. The summed E-state index contributed by atoms with van der Waals surface area (Å²) in [6, 6.07) is 0. The van der Waals surface area contributed by atoms with Gasteiger partial charge < -0.3 is 15.2 Å². The predicted molar refractivity (Wildman–Crippen MR) is 62.4 cm³/mol. The predicted octanol–water partition coefficient (Wildman–Crippen LogP) is 1.50. The van der Waals surface area contributed by atoms with Crippen LogP contribution in [0.2, 0.25) is 0 Å². The minimum atomic E-state index is -0.719. The molecular formula is C12H23NO3. The number of carboxylic acids is 1. The Bertz CT molecular complexity index is 218. The zero-order chi connectivity index (χ0) is 12.0.